The van der Waals surface area contributed by atoms with Gasteiger partial charge in [-0.2, -0.15) is 0 Å². The van der Waals surface area contributed by atoms with E-state index in [9.17, 15) is 4.79 Å². The molecule has 0 aliphatic heterocycles. The third-order valence-corrected chi connectivity index (χ3v) is 2.54. The maximum atomic E-state index is 10.8. The fourth-order valence-electron chi connectivity index (χ4n) is 1.54. The number of hydrogen-bond acceptors (Lipinski definition) is 3. The number of esters is 1. The molecule has 15 heavy (non-hydrogen) atoms. The lowest BCUT2D eigenvalue weighted by Crippen LogP contribution is -2.20. The molecule has 2 unspecified atom stereocenters. The number of carbonyl (C=O) groups excluding carboxylic acids is 1. The molecule has 1 aromatic rings. The number of ether oxygens (including phenoxy) is 1. The Bertz CT molecular complexity index is 349. The maximum absolute atomic E-state index is 10.8. The molecule has 0 spiro atoms. The Morgan fingerprint density at radius 1 is 1.33 bits per heavy atom. The fourth-order valence-corrected chi connectivity index (χ4v) is 1.54. The summed E-state index contributed by atoms with van der Waals surface area (Å²) < 4.78 is 5.13. The summed E-state index contributed by atoms with van der Waals surface area (Å²) in [4.78, 5) is 10.8. The van der Waals surface area contributed by atoms with Crippen LogP contribution in [0.3, 0.4) is 0 Å². The van der Waals surface area contributed by atoms with Crippen molar-refractivity contribution in [3.05, 3.63) is 29.8 Å². The first-order chi connectivity index (χ1) is 7.02. The van der Waals surface area contributed by atoms with Gasteiger partial charge in [0, 0.05) is 18.5 Å². The lowest BCUT2D eigenvalue weighted by atomic mass is 9.95. The largest absolute Gasteiger partial charge is 0.462 e. The lowest BCUT2D eigenvalue weighted by molar-refractivity contribution is -0.146. The summed E-state index contributed by atoms with van der Waals surface area (Å²) in [6.07, 6.45) is -0.160. The second kappa shape index (κ2) is 4.82. The predicted molar refractivity (Wildman–Crippen MR) is 60.5 cm³/mol. The Hall–Kier alpha value is -1.51. The normalized spacial score (nSPS) is 14.3. The molecule has 82 valence electrons. The summed E-state index contributed by atoms with van der Waals surface area (Å²) in [5, 5.41) is 0. The Balaban J connectivity index is 2.80. The topological polar surface area (TPSA) is 52.3 Å². The van der Waals surface area contributed by atoms with Crippen LogP contribution < -0.4 is 5.73 Å². The molecule has 0 aliphatic carbocycles. The van der Waals surface area contributed by atoms with Crippen LogP contribution in [0.4, 0.5) is 5.69 Å². The standard InChI is InChI=1S/C12H17NO2/c1-8(9(2)15-10(3)14)11-6-4-5-7-12(11)13/h4-9H,13H2,1-3H3. The van der Waals surface area contributed by atoms with Crippen molar-refractivity contribution >= 4 is 11.7 Å². The van der Waals surface area contributed by atoms with E-state index >= 15 is 0 Å². The van der Waals surface area contributed by atoms with Crippen molar-refractivity contribution in [3.63, 3.8) is 0 Å². The molecule has 2 atom stereocenters. The molecule has 1 aromatic carbocycles. The average molecular weight is 207 g/mol. The fraction of sp³-hybridized carbons (Fsp3) is 0.417. The van der Waals surface area contributed by atoms with E-state index in [1.807, 2.05) is 38.1 Å². The van der Waals surface area contributed by atoms with E-state index in [1.165, 1.54) is 6.92 Å². The van der Waals surface area contributed by atoms with E-state index in [1.54, 1.807) is 0 Å². The smallest absolute Gasteiger partial charge is 0.302 e. The molecular formula is C12H17NO2. The summed E-state index contributed by atoms with van der Waals surface area (Å²) in [5.41, 5.74) is 7.61. The molecule has 0 aliphatic rings. The molecule has 0 aromatic heterocycles. The van der Waals surface area contributed by atoms with Crippen molar-refractivity contribution in [1.29, 1.82) is 0 Å². The van der Waals surface area contributed by atoms with Gasteiger partial charge in [-0.05, 0) is 18.6 Å². The third-order valence-electron chi connectivity index (χ3n) is 2.54. The van der Waals surface area contributed by atoms with Gasteiger partial charge in [-0.3, -0.25) is 4.79 Å². The number of benzene rings is 1. The van der Waals surface area contributed by atoms with E-state index in [2.05, 4.69) is 0 Å². The quantitative estimate of drug-likeness (QED) is 0.611. The van der Waals surface area contributed by atoms with Gasteiger partial charge in [0.15, 0.2) is 0 Å². The van der Waals surface area contributed by atoms with Crippen LogP contribution in [0.5, 0.6) is 0 Å². The Morgan fingerprint density at radius 2 is 1.93 bits per heavy atom. The van der Waals surface area contributed by atoms with Gasteiger partial charge in [0.25, 0.3) is 0 Å². The zero-order valence-corrected chi connectivity index (χ0v) is 9.36. The molecule has 3 heteroatoms. The molecule has 0 bridgehead atoms. The number of rotatable bonds is 3. The van der Waals surface area contributed by atoms with Gasteiger partial charge in [0.2, 0.25) is 0 Å². The Labute approximate surface area is 90.2 Å². The van der Waals surface area contributed by atoms with E-state index in [0.717, 1.165) is 11.3 Å². The molecule has 0 amide bonds. The minimum atomic E-state index is -0.260. The second-order valence-electron chi connectivity index (χ2n) is 3.73. The number of para-hydroxylation sites is 1. The van der Waals surface area contributed by atoms with Crippen molar-refractivity contribution in [1.82, 2.24) is 0 Å². The average Bonchev–Trinajstić information content (AvgIpc) is 2.16. The van der Waals surface area contributed by atoms with E-state index < -0.39 is 0 Å². The van der Waals surface area contributed by atoms with Crippen LogP contribution in [0.15, 0.2) is 24.3 Å². The first-order valence-corrected chi connectivity index (χ1v) is 5.04. The number of anilines is 1. The molecule has 0 saturated heterocycles. The van der Waals surface area contributed by atoms with Gasteiger partial charge < -0.3 is 10.5 Å². The lowest BCUT2D eigenvalue weighted by Gasteiger charge is -2.21. The highest BCUT2D eigenvalue weighted by molar-refractivity contribution is 5.66. The van der Waals surface area contributed by atoms with E-state index in [4.69, 9.17) is 10.5 Å². The maximum Gasteiger partial charge on any atom is 0.302 e. The third kappa shape index (κ3) is 2.98. The van der Waals surface area contributed by atoms with Crippen molar-refractivity contribution < 1.29 is 9.53 Å². The van der Waals surface area contributed by atoms with Gasteiger partial charge in [0.1, 0.15) is 6.10 Å². The predicted octanol–water partition coefficient (Wildman–Crippen LogP) is 2.32. The molecule has 1 rings (SSSR count). The van der Waals surface area contributed by atoms with Gasteiger partial charge in [-0.1, -0.05) is 25.1 Å². The minimum absolute atomic E-state index is 0.107. The van der Waals surface area contributed by atoms with Crippen LogP contribution >= 0.6 is 0 Å². The highest BCUT2D eigenvalue weighted by atomic mass is 16.5. The number of nitrogen functional groups attached to an aromatic ring is 1. The van der Waals surface area contributed by atoms with Crippen molar-refractivity contribution in [3.8, 4) is 0 Å². The summed E-state index contributed by atoms with van der Waals surface area (Å²) in [6.45, 7) is 5.29. The Kier molecular flexibility index (Phi) is 3.72. The molecule has 0 saturated carbocycles. The van der Waals surface area contributed by atoms with Gasteiger partial charge in [-0.15, -0.1) is 0 Å². The minimum Gasteiger partial charge on any atom is -0.462 e. The van der Waals surface area contributed by atoms with Crippen LogP contribution in [-0.4, -0.2) is 12.1 Å². The summed E-state index contributed by atoms with van der Waals surface area (Å²) >= 11 is 0. The van der Waals surface area contributed by atoms with Gasteiger partial charge in [-0.25, -0.2) is 0 Å². The summed E-state index contributed by atoms with van der Waals surface area (Å²) in [6, 6.07) is 7.64. The van der Waals surface area contributed by atoms with Crippen LogP contribution in [0.2, 0.25) is 0 Å². The SMILES string of the molecule is CC(=O)OC(C)C(C)c1ccccc1N. The van der Waals surface area contributed by atoms with Gasteiger partial charge >= 0.3 is 5.97 Å². The van der Waals surface area contributed by atoms with Crippen LogP contribution in [-0.2, 0) is 9.53 Å². The molecule has 0 fully saturated rings. The number of hydrogen-bond donors (Lipinski definition) is 1. The van der Waals surface area contributed by atoms with Crippen molar-refractivity contribution in [2.45, 2.75) is 32.8 Å². The Morgan fingerprint density at radius 3 is 2.47 bits per heavy atom. The van der Waals surface area contributed by atoms with Crippen LogP contribution in [0, 0.1) is 0 Å². The number of nitrogens with two attached hydrogens (primary N) is 1. The molecule has 3 nitrogen and oxygen atoms in total. The molecule has 0 heterocycles. The zero-order valence-electron chi connectivity index (χ0n) is 9.36. The monoisotopic (exact) mass is 207 g/mol. The zero-order chi connectivity index (χ0) is 11.4. The molecule has 0 radical (unpaired) electrons. The van der Waals surface area contributed by atoms with Crippen molar-refractivity contribution in [2.75, 3.05) is 5.73 Å². The van der Waals surface area contributed by atoms with E-state index in [0.29, 0.717) is 0 Å². The van der Waals surface area contributed by atoms with Gasteiger partial charge in [0.05, 0.1) is 0 Å². The van der Waals surface area contributed by atoms with Crippen LogP contribution in [0.25, 0.3) is 0 Å². The summed E-state index contributed by atoms with van der Waals surface area (Å²) in [7, 11) is 0. The first kappa shape index (κ1) is 11.6. The highest BCUT2D eigenvalue weighted by Gasteiger charge is 2.18. The molecule has 2 N–H and O–H groups in total. The highest BCUT2D eigenvalue weighted by Crippen LogP contribution is 2.26. The summed E-state index contributed by atoms with van der Waals surface area (Å²) in [5.74, 6) is -0.154. The van der Waals surface area contributed by atoms with E-state index in [-0.39, 0.29) is 18.0 Å². The molecular weight excluding hydrogens is 190 g/mol. The second-order valence-corrected chi connectivity index (χ2v) is 3.73. The number of carbonyl (C=O) groups is 1. The first-order valence-electron chi connectivity index (χ1n) is 5.04. The van der Waals surface area contributed by atoms with Crippen molar-refractivity contribution in [2.24, 2.45) is 0 Å². The van der Waals surface area contributed by atoms with Crippen LogP contribution in [0.1, 0.15) is 32.3 Å².